The summed E-state index contributed by atoms with van der Waals surface area (Å²) in [5, 5.41) is 5.13. The molecule has 0 saturated heterocycles. The molecular weight excluding hydrogens is 305 g/mol. The van der Waals surface area contributed by atoms with Gasteiger partial charge in [0.05, 0.1) is 11.3 Å². The minimum absolute atomic E-state index is 0.236. The van der Waals surface area contributed by atoms with Crippen LogP contribution in [-0.2, 0) is 0 Å². The summed E-state index contributed by atoms with van der Waals surface area (Å²) in [6.45, 7) is 3.74. The van der Waals surface area contributed by atoms with E-state index in [1.165, 1.54) is 11.3 Å². The van der Waals surface area contributed by atoms with Gasteiger partial charge in [0.1, 0.15) is 4.34 Å². The Balaban J connectivity index is 2.25. The van der Waals surface area contributed by atoms with Crippen LogP contribution in [0.25, 0.3) is 0 Å². The fraction of sp³-hybridized carbons (Fsp3) is 0.154. The number of ether oxygens (including phenoxy) is 1. The molecule has 0 fully saturated rings. The van der Waals surface area contributed by atoms with Crippen LogP contribution in [0.3, 0.4) is 0 Å². The van der Waals surface area contributed by atoms with Gasteiger partial charge in [0, 0.05) is 10.4 Å². The topological polar surface area (TPSA) is 38.3 Å². The molecule has 6 heteroatoms. The van der Waals surface area contributed by atoms with E-state index in [0.717, 1.165) is 11.1 Å². The molecule has 0 radical (unpaired) electrons. The van der Waals surface area contributed by atoms with E-state index in [0.29, 0.717) is 32.1 Å². The van der Waals surface area contributed by atoms with Crippen molar-refractivity contribution in [2.45, 2.75) is 13.8 Å². The molecule has 19 heavy (non-hydrogen) atoms. The zero-order chi connectivity index (χ0) is 13.7. The normalized spacial score (nSPS) is 13.2. The fourth-order valence-corrected chi connectivity index (χ4v) is 3.14. The largest absolute Gasteiger partial charge is 0.452 e. The van der Waals surface area contributed by atoms with Crippen LogP contribution in [0.2, 0.25) is 9.36 Å². The third-order valence-corrected chi connectivity index (χ3v) is 4.81. The monoisotopic (exact) mass is 313 g/mol. The van der Waals surface area contributed by atoms with Gasteiger partial charge < -0.3 is 10.1 Å². The Bertz CT molecular complexity index is 709. The quantitative estimate of drug-likeness (QED) is 0.740. The summed E-state index contributed by atoms with van der Waals surface area (Å²) in [6, 6.07) is 1.80. The Kier molecular flexibility index (Phi) is 2.96. The van der Waals surface area contributed by atoms with Crippen LogP contribution in [0.4, 0.5) is 5.69 Å². The Morgan fingerprint density at radius 2 is 2.05 bits per heavy atom. The number of halogens is 2. The number of amides is 1. The number of carbonyl (C=O) groups excluding carboxylic acids is 1. The number of nitrogens with one attached hydrogen (secondary N) is 1. The van der Waals surface area contributed by atoms with Crippen molar-refractivity contribution in [2.75, 3.05) is 5.32 Å². The van der Waals surface area contributed by atoms with Crippen LogP contribution >= 0.6 is 34.5 Å². The highest BCUT2D eigenvalue weighted by atomic mass is 35.5. The molecule has 1 aliphatic heterocycles. The number of fused-ring (bicyclic) bond motifs is 2. The minimum atomic E-state index is -0.236. The summed E-state index contributed by atoms with van der Waals surface area (Å²) in [6.07, 6.45) is 0. The van der Waals surface area contributed by atoms with Crippen molar-refractivity contribution in [2.24, 2.45) is 0 Å². The second kappa shape index (κ2) is 4.40. The predicted molar refractivity (Wildman–Crippen MR) is 78.3 cm³/mol. The van der Waals surface area contributed by atoms with Crippen LogP contribution in [0.5, 0.6) is 11.5 Å². The van der Waals surface area contributed by atoms with Gasteiger partial charge in [-0.3, -0.25) is 4.79 Å². The molecular formula is C13H9Cl2NO2S. The van der Waals surface area contributed by atoms with Crippen LogP contribution in [0.15, 0.2) is 11.4 Å². The highest BCUT2D eigenvalue weighted by Crippen LogP contribution is 2.45. The SMILES string of the molecule is Cc1cc2c(c(C)c1Cl)NC(=O)c1csc(Cl)c1O2. The average molecular weight is 314 g/mol. The van der Waals surface area contributed by atoms with Crippen molar-refractivity contribution in [3.05, 3.63) is 37.5 Å². The molecule has 0 aliphatic carbocycles. The summed E-state index contributed by atoms with van der Waals surface area (Å²) >= 11 is 13.5. The van der Waals surface area contributed by atoms with Gasteiger partial charge in [-0.25, -0.2) is 0 Å². The van der Waals surface area contributed by atoms with E-state index in [2.05, 4.69) is 5.32 Å². The molecule has 98 valence electrons. The minimum Gasteiger partial charge on any atom is -0.452 e. The number of carbonyl (C=O) groups is 1. The molecule has 2 heterocycles. The lowest BCUT2D eigenvalue weighted by Crippen LogP contribution is -2.10. The van der Waals surface area contributed by atoms with Gasteiger partial charge in [-0.15, -0.1) is 11.3 Å². The third kappa shape index (κ3) is 1.91. The molecule has 1 amide bonds. The number of aryl methyl sites for hydroxylation is 1. The first kappa shape index (κ1) is 12.8. The summed E-state index contributed by atoms with van der Waals surface area (Å²) in [5.74, 6) is 0.732. The van der Waals surface area contributed by atoms with Crippen LogP contribution in [0.1, 0.15) is 21.5 Å². The first-order valence-electron chi connectivity index (χ1n) is 5.55. The summed E-state index contributed by atoms with van der Waals surface area (Å²) in [7, 11) is 0. The molecule has 1 N–H and O–H groups in total. The predicted octanol–water partition coefficient (Wildman–Crippen LogP) is 5.03. The molecule has 0 unspecified atom stereocenters. The van der Waals surface area contributed by atoms with E-state index in [1.54, 1.807) is 11.4 Å². The van der Waals surface area contributed by atoms with Gasteiger partial charge in [-0.1, -0.05) is 23.2 Å². The highest BCUT2D eigenvalue weighted by Gasteiger charge is 2.26. The zero-order valence-electron chi connectivity index (χ0n) is 10.1. The smallest absolute Gasteiger partial charge is 0.260 e. The molecule has 3 rings (SSSR count). The molecule has 0 saturated carbocycles. The molecule has 0 atom stereocenters. The van der Waals surface area contributed by atoms with E-state index in [4.69, 9.17) is 27.9 Å². The first-order chi connectivity index (χ1) is 8.99. The van der Waals surface area contributed by atoms with Crippen molar-refractivity contribution < 1.29 is 9.53 Å². The molecule has 1 aromatic carbocycles. The van der Waals surface area contributed by atoms with E-state index in [1.807, 2.05) is 13.8 Å². The van der Waals surface area contributed by atoms with Crippen molar-refractivity contribution in [1.29, 1.82) is 0 Å². The second-order valence-corrected chi connectivity index (χ2v) is 6.17. The van der Waals surface area contributed by atoms with Crippen LogP contribution in [0, 0.1) is 13.8 Å². The number of rotatable bonds is 0. The molecule has 0 bridgehead atoms. The van der Waals surface area contributed by atoms with Crippen molar-refractivity contribution in [3.8, 4) is 11.5 Å². The maximum absolute atomic E-state index is 12.1. The summed E-state index contributed by atoms with van der Waals surface area (Å²) in [4.78, 5) is 12.1. The molecule has 1 aromatic heterocycles. The van der Waals surface area contributed by atoms with Crippen LogP contribution < -0.4 is 10.1 Å². The third-order valence-electron chi connectivity index (χ3n) is 3.04. The first-order valence-corrected chi connectivity index (χ1v) is 7.18. The summed E-state index contributed by atoms with van der Waals surface area (Å²) < 4.78 is 6.26. The molecule has 1 aliphatic rings. The maximum Gasteiger partial charge on any atom is 0.260 e. The van der Waals surface area contributed by atoms with Crippen molar-refractivity contribution >= 4 is 46.1 Å². The number of hydrogen-bond acceptors (Lipinski definition) is 3. The Hall–Kier alpha value is -1.23. The fourth-order valence-electron chi connectivity index (χ4n) is 2.02. The number of hydrogen-bond donors (Lipinski definition) is 1. The van der Waals surface area contributed by atoms with Crippen molar-refractivity contribution in [1.82, 2.24) is 0 Å². The lowest BCUT2D eigenvalue weighted by Gasteiger charge is -2.13. The highest BCUT2D eigenvalue weighted by molar-refractivity contribution is 7.15. The summed E-state index contributed by atoms with van der Waals surface area (Å²) in [5.41, 5.74) is 2.72. The zero-order valence-corrected chi connectivity index (χ0v) is 12.5. The van der Waals surface area contributed by atoms with Gasteiger partial charge in [-0.2, -0.15) is 0 Å². The lowest BCUT2D eigenvalue weighted by atomic mass is 10.1. The number of anilines is 1. The van der Waals surface area contributed by atoms with Crippen LogP contribution in [-0.4, -0.2) is 5.91 Å². The number of thiophene rings is 1. The van der Waals surface area contributed by atoms with Crippen molar-refractivity contribution in [3.63, 3.8) is 0 Å². The van der Waals surface area contributed by atoms with Gasteiger partial charge in [0.2, 0.25) is 0 Å². The Labute approximate surface area is 124 Å². The van der Waals surface area contributed by atoms with E-state index in [-0.39, 0.29) is 5.91 Å². The molecule has 3 nitrogen and oxygen atoms in total. The lowest BCUT2D eigenvalue weighted by molar-refractivity contribution is 0.102. The van der Waals surface area contributed by atoms with Gasteiger partial charge in [0.15, 0.2) is 11.5 Å². The average Bonchev–Trinajstić information content (AvgIpc) is 2.66. The Morgan fingerprint density at radius 1 is 1.32 bits per heavy atom. The number of benzene rings is 1. The Morgan fingerprint density at radius 3 is 2.79 bits per heavy atom. The second-order valence-electron chi connectivity index (χ2n) is 4.31. The molecule has 2 aromatic rings. The van der Waals surface area contributed by atoms with Gasteiger partial charge in [-0.05, 0) is 31.0 Å². The maximum atomic E-state index is 12.1. The standard InChI is InChI=1S/C13H9Cl2NO2S/c1-5-3-8-10(6(2)9(5)14)16-13(17)7-4-19-12(15)11(7)18-8/h3-4H,1-2H3,(H,16,17). The van der Waals surface area contributed by atoms with Gasteiger partial charge in [0.25, 0.3) is 5.91 Å². The van der Waals surface area contributed by atoms with E-state index >= 15 is 0 Å². The molecule has 0 spiro atoms. The van der Waals surface area contributed by atoms with E-state index < -0.39 is 0 Å². The van der Waals surface area contributed by atoms with Gasteiger partial charge >= 0.3 is 0 Å². The van der Waals surface area contributed by atoms with E-state index in [9.17, 15) is 4.79 Å².